The van der Waals surface area contributed by atoms with Crippen LogP contribution in [-0.2, 0) is 4.74 Å². The predicted molar refractivity (Wildman–Crippen MR) is 78.1 cm³/mol. The van der Waals surface area contributed by atoms with Crippen molar-refractivity contribution < 1.29 is 4.74 Å². The van der Waals surface area contributed by atoms with Crippen molar-refractivity contribution in [2.24, 2.45) is 0 Å². The van der Waals surface area contributed by atoms with E-state index in [0.717, 1.165) is 11.4 Å². The molecule has 0 saturated heterocycles. The number of anilines is 1. The topological polar surface area (TPSA) is 39.1 Å². The molecule has 5 heteroatoms. The molecule has 4 nitrogen and oxygen atoms in total. The predicted octanol–water partition coefficient (Wildman–Crippen LogP) is 3.36. The molecule has 0 spiro atoms. The number of hydrogen-bond acceptors (Lipinski definition) is 3. The van der Waals surface area contributed by atoms with Crippen LogP contribution >= 0.6 is 11.6 Å². The van der Waals surface area contributed by atoms with Crippen LogP contribution in [0, 0.1) is 0 Å². The van der Waals surface area contributed by atoms with E-state index >= 15 is 0 Å². The molecular formula is C14H18ClN3O. The van der Waals surface area contributed by atoms with Crippen molar-refractivity contribution in [3.05, 3.63) is 41.7 Å². The highest BCUT2D eigenvalue weighted by molar-refractivity contribution is 6.31. The average Bonchev–Trinajstić information content (AvgIpc) is 2.91. The van der Waals surface area contributed by atoms with Gasteiger partial charge in [-0.15, -0.1) is 0 Å². The van der Waals surface area contributed by atoms with Crippen LogP contribution in [-0.4, -0.2) is 29.0 Å². The van der Waals surface area contributed by atoms with Crippen molar-refractivity contribution in [3.63, 3.8) is 0 Å². The number of nitrogens with one attached hydrogen (secondary N) is 1. The van der Waals surface area contributed by atoms with Crippen LogP contribution in [0.1, 0.15) is 13.8 Å². The lowest BCUT2D eigenvalue weighted by molar-refractivity contribution is 0.106. The highest BCUT2D eigenvalue weighted by Crippen LogP contribution is 2.25. The molecule has 1 heterocycles. The zero-order valence-electron chi connectivity index (χ0n) is 11.3. The van der Waals surface area contributed by atoms with E-state index in [0.29, 0.717) is 5.02 Å². The molecule has 102 valence electrons. The van der Waals surface area contributed by atoms with Crippen LogP contribution in [0.3, 0.4) is 0 Å². The lowest BCUT2D eigenvalue weighted by Crippen LogP contribution is -2.30. The number of nitrogens with zero attached hydrogens (tertiary/aromatic N) is 2. The van der Waals surface area contributed by atoms with E-state index in [1.807, 2.05) is 42.1 Å². The molecule has 1 N–H and O–H groups in total. The van der Waals surface area contributed by atoms with Crippen LogP contribution in [0.5, 0.6) is 0 Å². The zero-order valence-corrected chi connectivity index (χ0v) is 12.1. The number of halogens is 1. The summed E-state index contributed by atoms with van der Waals surface area (Å²) in [6.07, 6.45) is 3.75. The first kappa shape index (κ1) is 13.9. The van der Waals surface area contributed by atoms with E-state index < -0.39 is 0 Å². The van der Waals surface area contributed by atoms with Gasteiger partial charge in [0.1, 0.15) is 0 Å². The van der Waals surface area contributed by atoms with Gasteiger partial charge >= 0.3 is 0 Å². The molecule has 2 unspecified atom stereocenters. The highest BCUT2D eigenvalue weighted by Gasteiger charge is 2.14. The Morgan fingerprint density at radius 1 is 1.37 bits per heavy atom. The molecule has 0 aliphatic rings. The Kier molecular flexibility index (Phi) is 4.45. The molecule has 2 aromatic rings. The summed E-state index contributed by atoms with van der Waals surface area (Å²) in [5, 5.41) is 8.36. The molecule has 2 rings (SSSR count). The fraction of sp³-hybridized carbons (Fsp3) is 0.357. The minimum atomic E-state index is 0.101. The van der Waals surface area contributed by atoms with Crippen molar-refractivity contribution >= 4 is 17.3 Å². The Labute approximate surface area is 118 Å². The summed E-state index contributed by atoms with van der Waals surface area (Å²) in [7, 11) is 1.70. The van der Waals surface area contributed by atoms with Gasteiger partial charge in [-0.05, 0) is 38.1 Å². The zero-order chi connectivity index (χ0) is 13.8. The lowest BCUT2D eigenvalue weighted by atomic mass is 10.2. The van der Waals surface area contributed by atoms with Gasteiger partial charge in [0.05, 0.1) is 17.5 Å². The van der Waals surface area contributed by atoms with Crippen LogP contribution in [0.15, 0.2) is 36.7 Å². The number of benzene rings is 1. The second-order valence-electron chi connectivity index (χ2n) is 4.49. The maximum atomic E-state index is 6.07. The summed E-state index contributed by atoms with van der Waals surface area (Å²) in [5.41, 5.74) is 1.90. The summed E-state index contributed by atoms with van der Waals surface area (Å²) in [5.74, 6) is 0. The molecule has 0 bridgehead atoms. The molecule has 1 aromatic carbocycles. The van der Waals surface area contributed by atoms with E-state index in [2.05, 4.69) is 17.3 Å². The van der Waals surface area contributed by atoms with Crippen molar-refractivity contribution in [1.29, 1.82) is 0 Å². The minimum absolute atomic E-state index is 0.101. The molecule has 19 heavy (non-hydrogen) atoms. The van der Waals surface area contributed by atoms with Crippen molar-refractivity contribution in [1.82, 2.24) is 9.78 Å². The lowest BCUT2D eigenvalue weighted by Gasteiger charge is -2.22. The summed E-state index contributed by atoms with van der Waals surface area (Å²) < 4.78 is 7.14. The van der Waals surface area contributed by atoms with E-state index in [-0.39, 0.29) is 12.1 Å². The maximum absolute atomic E-state index is 6.07. The number of ether oxygens (including phenoxy) is 1. The molecule has 0 aliphatic carbocycles. The van der Waals surface area contributed by atoms with Crippen LogP contribution < -0.4 is 5.32 Å². The largest absolute Gasteiger partial charge is 0.380 e. The number of rotatable bonds is 5. The third-order valence-corrected chi connectivity index (χ3v) is 3.40. The smallest absolute Gasteiger partial charge is 0.0877 e. The Morgan fingerprint density at radius 3 is 2.79 bits per heavy atom. The number of methoxy groups -OCH3 is 1. The second-order valence-corrected chi connectivity index (χ2v) is 4.92. The van der Waals surface area contributed by atoms with Gasteiger partial charge in [-0.1, -0.05) is 11.6 Å². The summed E-state index contributed by atoms with van der Waals surface area (Å²) in [6.45, 7) is 4.09. The molecule has 0 amide bonds. The van der Waals surface area contributed by atoms with Gasteiger partial charge in [0.2, 0.25) is 0 Å². The normalized spacial score (nSPS) is 14.1. The van der Waals surface area contributed by atoms with E-state index in [4.69, 9.17) is 16.3 Å². The van der Waals surface area contributed by atoms with Crippen molar-refractivity contribution in [2.75, 3.05) is 12.4 Å². The first-order valence-corrected chi connectivity index (χ1v) is 6.58. The van der Waals surface area contributed by atoms with E-state index in [9.17, 15) is 0 Å². The standard InChI is InChI=1S/C14H18ClN3O/c1-10(11(2)19-3)17-13-9-12(15)5-6-14(13)18-8-4-7-16-18/h4-11,17H,1-3H3. The van der Waals surface area contributed by atoms with Gasteiger partial charge < -0.3 is 10.1 Å². The average molecular weight is 280 g/mol. The molecule has 1 aromatic heterocycles. The van der Waals surface area contributed by atoms with Crippen molar-refractivity contribution in [3.8, 4) is 5.69 Å². The van der Waals surface area contributed by atoms with Gasteiger partial charge in [-0.3, -0.25) is 0 Å². The molecule has 2 atom stereocenters. The van der Waals surface area contributed by atoms with Gasteiger partial charge in [0.15, 0.2) is 0 Å². The fourth-order valence-electron chi connectivity index (χ4n) is 1.80. The van der Waals surface area contributed by atoms with Gasteiger partial charge in [0.25, 0.3) is 0 Å². The Morgan fingerprint density at radius 2 is 2.16 bits per heavy atom. The first-order chi connectivity index (χ1) is 9.11. The summed E-state index contributed by atoms with van der Waals surface area (Å²) >= 11 is 6.07. The number of hydrogen-bond donors (Lipinski definition) is 1. The third-order valence-electron chi connectivity index (χ3n) is 3.17. The Balaban J connectivity index is 2.30. The van der Waals surface area contributed by atoms with Gasteiger partial charge in [-0.25, -0.2) is 4.68 Å². The quantitative estimate of drug-likeness (QED) is 0.912. The molecule has 0 saturated carbocycles. The van der Waals surface area contributed by atoms with Crippen LogP contribution in [0.25, 0.3) is 5.69 Å². The fourth-order valence-corrected chi connectivity index (χ4v) is 1.97. The maximum Gasteiger partial charge on any atom is 0.0877 e. The van der Waals surface area contributed by atoms with E-state index in [1.54, 1.807) is 13.3 Å². The van der Waals surface area contributed by atoms with Crippen LogP contribution in [0.2, 0.25) is 5.02 Å². The highest BCUT2D eigenvalue weighted by atomic mass is 35.5. The summed E-state index contributed by atoms with van der Waals surface area (Å²) in [6, 6.07) is 7.75. The van der Waals surface area contributed by atoms with Gasteiger partial charge in [0, 0.05) is 30.6 Å². The minimum Gasteiger partial charge on any atom is -0.380 e. The third kappa shape index (κ3) is 3.28. The second kappa shape index (κ2) is 6.08. The SMILES string of the molecule is COC(C)C(C)Nc1cc(Cl)ccc1-n1cccn1. The summed E-state index contributed by atoms with van der Waals surface area (Å²) in [4.78, 5) is 0. The number of aromatic nitrogens is 2. The van der Waals surface area contributed by atoms with E-state index in [1.165, 1.54) is 0 Å². The Bertz CT molecular complexity index is 527. The van der Waals surface area contributed by atoms with Gasteiger partial charge in [-0.2, -0.15) is 5.10 Å². The molecule has 0 aliphatic heterocycles. The monoisotopic (exact) mass is 279 g/mol. The first-order valence-electron chi connectivity index (χ1n) is 6.20. The molecule has 0 fully saturated rings. The molecule has 0 radical (unpaired) electrons. The van der Waals surface area contributed by atoms with Crippen molar-refractivity contribution in [2.45, 2.75) is 26.0 Å². The van der Waals surface area contributed by atoms with Crippen LogP contribution in [0.4, 0.5) is 5.69 Å². The molecular weight excluding hydrogens is 262 g/mol. The Hall–Kier alpha value is -1.52.